The number of ether oxygens (including phenoxy) is 2. The van der Waals surface area contributed by atoms with Crippen molar-refractivity contribution < 1.29 is 28.2 Å². The van der Waals surface area contributed by atoms with Crippen LogP contribution >= 0.6 is 11.8 Å². The van der Waals surface area contributed by atoms with Crippen LogP contribution in [0.15, 0.2) is 18.2 Å². The molecule has 1 amide bonds. The molecule has 0 aliphatic carbocycles. The van der Waals surface area contributed by atoms with Gasteiger partial charge in [0, 0.05) is 17.7 Å². The van der Waals surface area contributed by atoms with E-state index in [1.54, 1.807) is 16.7 Å². The second kappa shape index (κ2) is 6.67. The number of Topliss-reactive ketones (excluding diaryl/α,β-unsaturated/α-hetero) is 1. The lowest BCUT2D eigenvalue weighted by Gasteiger charge is -2.29. The van der Waals surface area contributed by atoms with Crippen molar-refractivity contribution in [2.45, 2.75) is 30.7 Å². The number of esters is 1. The van der Waals surface area contributed by atoms with Crippen molar-refractivity contribution in [1.82, 2.24) is 4.90 Å². The van der Waals surface area contributed by atoms with E-state index in [1.807, 2.05) is 6.92 Å². The molecule has 0 N–H and O–H groups in total. The predicted molar refractivity (Wildman–Crippen MR) is 89.0 cm³/mol. The topological polar surface area (TPSA) is 72.9 Å². The minimum atomic E-state index is -0.676. The summed E-state index contributed by atoms with van der Waals surface area (Å²) in [5.74, 6) is -1.37. The number of hydrogen-bond donors (Lipinski definition) is 0. The number of benzene rings is 1. The maximum Gasteiger partial charge on any atom is 0.330 e. The van der Waals surface area contributed by atoms with Crippen LogP contribution in [0.4, 0.5) is 4.39 Å². The van der Waals surface area contributed by atoms with Crippen molar-refractivity contribution in [3.05, 3.63) is 29.6 Å². The van der Waals surface area contributed by atoms with Crippen molar-refractivity contribution in [3.63, 3.8) is 0 Å². The lowest BCUT2D eigenvalue weighted by Crippen LogP contribution is -2.46. The highest BCUT2D eigenvalue weighted by molar-refractivity contribution is 8.01. The van der Waals surface area contributed by atoms with Crippen LogP contribution in [-0.2, 0) is 14.3 Å². The maximum absolute atomic E-state index is 13.7. The molecule has 2 fully saturated rings. The van der Waals surface area contributed by atoms with Crippen LogP contribution in [0.1, 0.15) is 30.1 Å². The molecule has 3 rings (SSSR count). The molecular weight excluding hydrogens is 349 g/mol. The first-order valence-electron chi connectivity index (χ1n) is 7.85. The van der Waals surface area contributed by atoms with Gasteiger partial charge in [-0.15, -0.1) is 11.8 Å². The molecule has 1 aromatic rings. The summed E-state index contributed by atoms with van der Waals surface area (Å²) in [6.45, 7) is 1.44. The molecule has 8 heteroatoms. The van der Waals surface area contributed by atoms with Gasteiger partial charge < -0.3 is 14.4 Å². The summed E-state index contributed by atoms with van der Waals surface area (Å²) in [7, 11) is 1.33. The van der Waals surface area contributed by atoms with Crippen LogP contribution in [-0.4, -0.2) is 52.9 Å². The Labute approximate surface area is 148 Å². The first-order valence-corrected chi connectivity index (χ1v) is 8.84. The van der Waals surface area contributed by atoms with Crippen molar-refractivity contribution in [3.8, 4) is 5.75 Å². The number of carbonyl (C=O) groups excluding carboxylic acids is 3. The van der Waals surface area contributed by atoms with E-state index in [1.165, 1.54) is 19.2 Å². The van der Waals surface area contributed by atoms with Crippen LogP contribution in [0.3, 0.4) is 0 Å². The van der Waals surface area contributed by atoms with E-state index >= 15 is 0 Å². The Morgan fingerprint density at radius 3 is 2.88 bits per heavy atom. The minimum absolute atomic E-state index is 0.0309. The molecule has 0 spiro atoms. The average Bonchev–Trinajstić information content (AvgIpc) is 3.08. The number of carbonyl (C=O) groups is 3. The molecule has 0 radical (unpaired) electrons. The monoisotopic (exact) mass is 367 g/mol. The van der Waals surface area contributed by atoms with Gasteiger partial charge in [0.05, 0.1) is 12.0 Å². The summed E-state index contributed by atoms with van der Waals surface area (Å²) in [6, 6.07) is 3.11. The molecule has 6 nitrogen and oxygen atoms in total. The molecule has 2 saturated heterocycles. The van der Waals surface area contributed by atoms with Crippen LogP contribution < -0.4 is 4.74 Å². The molecule has 134 valence electrons. The lowest BCUT2D eigenvalue weighted by molar-refractivity contribution is -0.152. The fourth-order valence-corrected chi connectivity index (χ4v) is 4.57. The van der Waals surface area contributed by atoms with Crippen LogP contribution in [0, 0.1) is 5.82 Å². The summed E-state index contributed by atoms with van der Waals surface area (Å²) in [4.78, 5) is 37.6. The second-order valence-corrected chi connectivity index (χ2v) is 7.65. The fraction of sp³-hybridized carbons (Fsp3) is 0.471. The van der Waals surface area contributed by atoms with Crippen LogP contribution in [0.2, 0.25) is 0 Å². The Hall–Kier alpha value is -2.09. The van der Waals surface area contributed by atoms with Gasteiger partial charge in [-0.05, 0) is 31.5 Å². The summed E-state index contributed by atoms with van der Waals surface area (Å²) < 4.78 is 23.5. The Balaban J connectivity index is 1.62. The smallest absolute Gasteiger partial charge is 0.330 e. The average molecular weight is 367 g/mol. The highest BCUT2D eigenvalue weighted by atomic mass is 32.2. The van der Waals surface area contributed by atoms with E-state index in [9.17, 15) is 18.8 Å². The molecule has 2 aliphatic heterocycles. The number of thioether (sulfide) groups is 1. The summed E-state index contributed by atoms with van der Waals surface area (Å²) in [5.41, 5.74) is 0.0917. The van der Waals surface area contributed by atoms with Crippen LogP contribution in [0.25, 0.3) is 0 Å². The molecule has 0 saturated carbocycles. The number of fused-ring (bicyclic) bond motifs is 1. The molecule has 1 aromatic carbocycles. The molecular formula is C17H18FNO5S. The highest BCUT2D eigenvalue weighted by Crippen LogP contribution is 2.47. The Morgan fingerprint density at radius 1 is 1.44 bits per heavy atom. The van der Waals surface area contributed by atoms with Crippen molar-refractivity contribution in [1.29, 1.82) is 0 Å². The second-order valence-electron chi connectivity index (χ2n) is 6.15. The number of rotatable bonds is 5. The van der Waals surface area contributed by atoms with E-state index in [2.05, 4.69) is 0 Å². The molecule has 0 aromatic heterocycles. The Kier molecular flexibility index (Phi) is 4.73. The summed E-state index contributed by atoms with van der Waals surface area (Å²) in [5, 5.41) is 0. The largest absolute Gasteiger partial charge is 0.494 e. The third-order valence-corrected chi connectivity index (χ3v) is 6.04. The van der Waals surface area contributed by atoms with Gasteiger partial charge in [0.1, 0.15) is 6.04 Å². The minimum Gasteiger partial charge on any atom is -0.494 e. The van der Waals surface area contributed by atoms with Crippen molar-refractivity contribution in [2.75, 3.05) is 19.5 Å². The van der Waals surface area contributed by atoms with Crippen LogP contribution in [0.5, 0.6) is 5.75 Å². The quantitative estimate of drug-likeness (QED) is 0.586. The van der Waals surface area contributed by atoms with Gasteiger partial charge in [-0.1, -0.05) is 0 Å². The van der Waals surface area contributed by atoms with E-state index in [0.29, 0.717) is 18.6 Å². The van der Waals surface area contributed by atoms with Gasteiger partial charge >= 0.3 is 5.97 Å². The van der Waals surface area contributed by atoms with Gasteiger partial charge in [0.25, 0.3) is 0 Å². The summed E-state index contributed by atoms with van der Waals surface area (Å²) in [6.07, 6.45) is 1.11. The van der Waals surface area contributed by atoms with Gasteiger partial charge in [-0.3, -0.25) is 9.59 Å². The van der Waals surface area contributed by atoms with Gasteiger partial charge in [0.2, 0.25) is 5.91 Å². The number of amides is 1. The molecule has 25 heavy (non-hydrogen) atoms. The highest BCUT2D eigenvalue weighted by Gasteiger charge is 2.53. The van der Waals surface area contributed by atoms with E-state index < -0.39 is 30.2 Å². The number of nitrogens with zero attached hydrogens (tertiary/aromatic N) is 1. The number of hydrogen-bond acceptors (Lipinski definition) is 6. The zero-order valence-corrected chi connectivity index (χ0v) is 14.7. The maximum atomic E-state index is 13.7. The number of ketones is 1. The van der Waals surface area contributed by atoms with Crippen molar-refractivity contribution in [2.24, 2.45) is 0 Å². The number of methoxy groups -OCH3 is 1. The first-order chi connectivity index (χ1) is 11.9. The van der Waals surface area contributed by atoms with E-state index in [4.69, 9.17) is 9.47 Å². The predicted octanol–water partition coefficient (Wildman–Crippen LogP) is 2.01. The molecule has 0 bridgehead atoms. The lowest BCUT2D eigenvalue weighted by atomic mass is 10.1. The zero-order valence-electron chi connectivity index (χ0n) is 13.9. The Morgan fingerprint density at radius 2 is 2.20 bits per heavy atom. The molecule has 2 aliphatic rings. The van der Waals surface area contributed by atoms with Crippen molar-refractivity contribution >= 4 is 29.4 Å². The van der Waals surface area contributed by atoms with Gasteiger partial charge in [-0.25, -0.2) is 9.18 Å². The SMILES string of the molecule is COc1ccc(C(=O)COC(=O)[C@@H]2CS[C@@]3(C)CCC(=O)N23)cc1F. The van der Waals surface area contributed by atoms with E-state index in [-0.39, 0.29) is 22.1 Å². The number of halogens is 1. The zero-order chi connectivity index (χ0) is 18.2. The normalized spacial score (nSPS) is 25.0. The Bertz CT molecular complexity index is 740. The molecule has 0 unspecified atom stereocenters. The van der Waals surface area contributed by atoms with Gasteiger partial charge in [0.15, 0.2) is 24.0 Å². The third-order valence-electron chi connectivity index (χ3n) is 4.54. The first kappa shape index (κ1) is 17.7. The fourth-order valence-electron chi connectivity index (χ4n) is 3.15. The standard InChI is InChI=1S/C17H18FNO5S/c1-17-6-5-15(21)19(17)12(9-25-17)16(22)24-8-13(20)10-3-4-14(23-2)11(18)7-10/h3-4,7,12H,5-6,8-9H2,1-2H3/t12-,17-/m0/s1. The van der Waals surface area contributed by atoms with E-state index in [0.717, 1.165) is 6.07 Å². The molecule has 2 heterocycles. The van der Waals surface area contributed by atoms with Gasteiger partial charge in [-0.2, -0.15) is 0 Å². The third kappa shape index (κ3) is 3.22. The molecule has 2 atom stereocenters. The summed E-state index contributed by atoms with van der Waals surface area (Å²) >= 11 is 1.55.